The third-order valence-corrected chi connectivity index (χ3v) is 3.66. The maximum absolute atomic E-state index is 5.41. The van der Waals surface area contributed by atoms with E-state index in [0.717, 1.165) is 27.4 Å². The van der Waals surface area contributed by atoms with Crippen molar-refractivity contribution in [2.75, 3.05) is 10.7 Å². The molecule has 0 aliphatic heterocycles. The largest absolute Gasteiger partial charge is 0.364 e. The second-order valence-corrected chi connectivity index (χ2v) is 5.33. The number of nitrogens with zero attached hydrogens (tertiary/aromatic N) is 3. The molecule has 0 saturated carbocycles. The fourth-order valence-electron chi connectivity index (χ4n) is 1.94. The highest BCUT2D eigenvalue weighted by atomic mass is 32.1. The first-order valence-electron chi connectivity index (χ1n) is 6.14. The lowest BCUT2D eigenvalue weighted by Gasteiger charge is -2.09. The molecule has 0 atom stereocenters. The first-order chi connectivity index (χ1) is 9.76. The Kier molecular flexibility index (Phi) is 3.44. The summed E-state index contributed by atoms with van der Waals surface area (Å²) in [5.74, 6) is 6.54. The van der Waals surface area contributed by atoms with Crippen LogP contribution in [0, 0.1) is 6.92 Å². The van der Waals surface area contributed by atoms with E-state index in [1.165, 1.54) is 0 Å². The molecule has 6 nitrogen and oxygen atoms in total. The van der Waals surface area contributed by atoms with Gasteiger partial charge in [0.05, 0.1) is 22.8 Å². The third kappa shape index (κ3) is 2.54. The molecule has 4 N–H and O–H groups in total. The number of hydrogen-bond acceptors (Lipinski definition) is 7. The molecule has 1 aromatic carbocycles. The van der Waals surface area contributed by atoms with Crippen LogP contribution in [0.3, 0.4) is 0 Å². The molecule has 0 unspecified atom stereocenters. The van der Waals surface area contributed by atoms with Crippen molar-refractivity contribution < 1.29 is 0 Å². The lowest BCUT2D eigenvalue weighted by Crippen LogP contribution is -2.12. The molecule has 0 spiro atoms. The van der Waals surface area contributed by atoms with Crippen LogP contribution >= 0.6 is 11.3 Å². The first kappa shape index (κ1) is 12.8. The van der Waals surface area contributed by atoms with Crippen molar-refractivity contribution in [1.29, 1.82) is 0 Å². The number of aromatic nitrogens is 3. The Labute approximate surface area is 120 Å². The summed E-state index contributed by atoms with van der Waals surface area (Å²) in [5.41, 5.74) is 4.32. The topological polar surface area (TPSA) is 88.8 Å². The van der Waals surface area contributed by atoms with E-state index >= 15 is 0 Å². The van der Waals surface area contributed by atoms with Gasteiger partial charge in [-0.25, -0.2) is 15.8 Å². The monoisotopic (exact) mass is 286 g/mol. The lowest BCUT2D eigenvalue weighted by molar-refractivity contribution is 1.03. The summed E-state index contributed by atoms with van der Waals surface area (Å²) in [6.45, 7) is 2.61. The summed E-state index contributed by atoms with van der Waals surface area (Å²) in [5, 5.41) is 7.34. The van der Waals surface area contributed by atoms with Crippen molar-refractivity contribution in [1.82, 2.24) is 15.0 Å². The number of thiazole rings is 1. The van der Waals surface area contributed by atoms with Crippen molar-refractivity contribution >= 4 is 34.0 Å². The van der Waals surface area contributed by atoms with E-state index in [1.807, 2.05) is 36.6 Å². The molecular weight excluding hydrogens is 272 g/mol. The van der Waals surface area contributed by atoms with Crippen LogP contribution in [-0.2, 0) is 6.54 Å². The Bertz CT molecular complexity index is 739. The van der Waals surface area contributed by atoms with Crippen LogP contribution in [0.4, 0.5) is 11.8 Å². The summed E-state index contributed by atoms with van der Waals surface area (Å²) in [4.78, 5) is 13.1. The van der Waals surface area contributed by atoms with Crippen molar-refractivity contribution in [2.24, 2.45) is 5.84 Å². The second kappa shape index (κ2) is 5.40. The maximum atomic E-state index is 5.41. The molecular formula is C13H14N6S. The summed E-state index contributed by atoms with van der Waals surface area (Å²) in [6.07, 6.45) is 0. The highest BCUT2D eigenvalue weighted by Crippen LogP contribution is 2.22. The Balaban J connectivity index is 1.93. The molecule has 0 radical (unpaired) electrons. The Morgan fingerprint density at radius 3 is 2.80 bits per heavy atom. The van der Waals surface area contributed by atoms with E-state index in [-0.39, 0.29) is 0 Å². The Morgan fingerprint density at radius 1 is 1.20 bits per heavy atom. The van der Waals surface area contributed by atoms with Crippen LogP contribution in [0.1, 0.15) is 10.7 Å². The number of rotatable bonds is 4. The number of para-hydroxylation sites is 1. The van der Waals surface area contributed by atoms with Gasteiger partial charge in [0.15, 0.2) is 0 Å². The van der Waals surface area contributed by atoms with Gasteiger partial charge in [-0.15, -0.1) is 11.3 Å². The van der Waals surface area contributed by atoms with Crippen LogP contribution < -0.4 is 16.6 Å². The highest BCUT2D eigenvalue weighted by Gasteiger charge is 2.07. The smallest absolute Gasteiger partial charge is 0.239 e. The fourth-order valence-corrected chi connectivity index (χ4v) is 2.55. The molecule has 0 fully saturated rings. The molecule has 2 heterocycles. The molecule has 0 bridgehead atoms. The standard InChI is InChI=1S/C13H14N6S/c1-8-16-9(7-20-8)6-15-12-10-4-2-3-5-11(10)17-13(18-12)19-14/h2-5,7H,6,14H2,1H3,(H2,15,17,18,19). The van der Waals surface area contributed by atoms with Gasteiger partial charge in [-0.2, -0.15) is 4.98 Å². The predicted molar refractivity (Wildman–Crippen MR) is 81.5 cm³/mol. The molecule has 3 rings (SSSR count). The van der Waals surface area contributed by atoms with Gasteiger partial charge in [-0.1, -0.05) is 12.1 Å². The van der Waals surface area contributed by atoms with E-state index in [0.29, 0.717) is 12.5 Å². The normalized spacial score (nSPS) is 10.7. The number of benzene rings is 1. The maximum Gasteiger partial charge on any atom is 0.239 e. The van der Waals surface area contributed by atoms with Gasteiger partial charge in [0, 0.05) is 10.8 Å². The van der Waals surface area contributed by atoms with Crippen LogP contribution in [0.25, 0.3) is 10.9 Å². The molecule has 2 aromatic heterocycles. The van der Waals surface area contributed by atoms with Crippen LogP contribution in [0.15, 0.2) is 29.6 Å². The number of nitrogens with one attached hydrogen (secondary N) is 2. The van der Waals surface area contributed by atoms with Crippen LogP contribution in [0.2, 0.25) is 0 Å². The van der Waals surface area contributed by atoms with Crippen molar-refractivity contribution in [3.8, 4) is 0 Å². The fraction of sp³-hybridized carbons (Fsp3) is 0.154. The van der Waals surface area contributed by atoms with Gasteiger partial charge in [-0.05, 0) is 19.1 Å². The molecule has 0 amide bonds. The number of hydrazine groups is 1. The van der Waals surface area contributed by atoms with Gasteiger partial charge >= 0.3 is 0 Å². The lowest BCUT2D eigenvalue weighted by atomic mass is 10.2. The Morgan fingerprint density at radius 2 is 2.05 bits per heavy atom. The molecule has 20 heavy (non-hydrogen) atoms. The molecule has 102 valence electrons. The number of hydrogen-bond donors (Lipinski definition) is 3. The van der Waals surface area contributed by atoms with E-state index in [1.54, 1.807) is 11.3 Å². The first-order valence-corrected chi connectivity index (χ1v) is 7.02. The van der Waals surface area contributed by atoms with Crippen molar-refractivity contribution in [3.05, 3.63) is 40.3 Å². The molecule has 0 saturated heterocycles. The summed E-state index contributed by atoms with van der Waals surface area (Å²) >= 11 is 1.63. The Hall–Kier alpha value is -2.25. The minimum Gasteiger partial charge on any atom is -0.364 e. The average molecular weight is 286 g/mol. The molecule has 7 heteroatoms. The van der Waals surface area contributed by atoms with Gasteiger partial charge in [0.25, 0.3) is 0 Å². The van der Waals surface area contributed by atoms with Crippen LogP contribution in [-0.4, -0.2) is 15.0 Å². The summed E-state index contributed by atoms with van der Waals surface area (Å²) in [7, 11) is 0. The number of fused-ring (bicyclic) bond motifs is 1. The summed E-state index contributed by atoms with van der Waals surface area (Å²) < 4.78 is 0. The van der Waals surface area contributed by atoms with Crippen LogP contribution in [0.5, 0.6) is 0 Å². The number of nitrogen functional groups attached to an aromatic ring is 1. The van der Waals surface area contributed by atoms with Gasteiger partial charge in [0.2, 0.25) is 5.95 Å². The number of aryl methyl sites for hydroxylation is 1. The van der Waals surface area contributed by atoms with E-state index in [4.69, 9.17) is 5.84 Å². The van der Waals surface area contributed by atoms with Gasteiger partial charge in [-0.3, -0.25) is 5.43 Å². The molecule has 0 aliphatic carbocycles. The zero-order chi connectivity index (χ0) is 13.9. The van der Waals surface area contributed by atoms with E-state index in [9.17, 15) is 0 Å². The summed E-state index contributed by atoms with van der Waals surface area (Å²) in [6, 6.07) is 7.79. The third-order valence-electron chi connectivity index (χ3n) is 2.84. The van der Waals surface area contributed by atoms with Gasteiger partial charge < -0.3 is 5.32 Å². The minimum absolute atomic E-state index is 0.389. The zero-order valence-corrected chi connectivity index (χ0v) is 11.7. The molecule has 3 aromatic rings. The quantitative estimate of drug-likeness (QED) is 0.504. The predicted octanol–water partition coefficient (Wildman–Crippen LogP) is 2.29. The second-order valence-electron chi connectivity index (χ2n) is 4.27. The number of nitrogens with two attached hydrogens (primary N) is 1. The van der Waals surface area contributed by atoms with E-state index < -0.39 is 0 Å². The average Bonchev–Trinajstić information content (AvgIpc) is 2.90. The SMILES string of the molecule is Cc1nc(CNc2nc(NN)nc3ccccc23)cs1. The minimum atomic E-state index is 0.389. The highest BCUT2D eigenvalue weighted by molar-refractivity contribution is 7.09. The van der Waals surface area contributed by atoms with Crippen molar-refractivity contribution in [2.45, 2.75) is 13.5 Å². The zero-order valence-electron chi connectivity index (χ0n) is 10.9. The number of anilines is 2. The van der Waals surface area contributed by atoms with Crippen molar-refractivity contribution in [3.63, 3.8) is 0 Å². The van der Waals surface area contributed by atoms with E-state index in [2.05, 4.69) is 25.7 Å². The molecule has 0 aliphatic rings. The van der Waals surface area contributed by atoms with Gasteiger partial charge in [0.1, 0.15) is 5.82 Å².